The SMILES string of the molecule is CC(NC(=NCC(=O)N(C)C)NC1CC1C)c1ccccc1. The van der Waals surface area contributed by atoms with Crippen molar-refractivity contribution in [3.63, 3.8) is 0 Å². The van der Waals surface area contributed by atoms with Crippen molar-refractivity contribution in [2.24, 2.45) is 10.9 Å². The first kappa shape index (κ1) is 16.3. The lowest BCUT2D eigenvalue weighted by Crippen LogP contribution is -2.41. The van der Waals surface area contributed by atoms with Gasteiger partial charge in [0.05, 0.1) is 6.04 Å². The van der Waals surface area contributed by atoms with Crippen LogP contribution >= 0.6 is 0 Å². The fraction of sp³-hybridized carbons (Fsp3) is 0.529. The molecule has 1 amide bonds. The molecule has 1 saturated carbocycles. The molecule has 3 unspecified atom stereocenters. The number of guanidine groups is 1. The lowest BCUT2D eigenvalue weighted by atomic mass is 10.1. The zero-order chi connectivity index (χ0) is 16.1. The molecule has 5 nitrogen and oxygen atoms in total. The zero-order valence-corrected chi connectivity index (χ0v) is 13.8. The maximum absolute atomic E-state index is 11.7. The maximum Gasteiger partial charge on any atom is 0.243 e. The van der Waals surface area contributed by atoms with Crippen molar-refractivity contribution in [2.75, 3.05) is 20.6 Å². The Labute approximate surface area is 132 Å². The lowest BCUT2D eigenvalue weighted by Gasteiger charge is -2.19. The largest absolute Gasteiger partial charge is 0.353 e. The normalized spacial score (nSPS) is 21.9. The molecule has 3 atom stereocenters. The van der Waals surface area contributed by atoms with Crippen LogP contribution in [0, 0.1) is 5.92 Å². The molecule has 0 spiro atoms. The topological polar surface area (TPSA) is 56.7 Å². The van der Waals surface area contributed by atoms with Crippen LogP contribution in [-0.4, -0.2) is 43.4 Å². The summed E-state index contributed by atoms with van der Waals surface area (Å²) in [5.74, 6) is 1.38. The molecule has 1 aromatic carbocycles. The van der Waals surface area contributed by atoms with Gasteiger partial charge in [-0.25, -0.2) is 4.99 Å². The van der Waals surface area contributed by atoms with Crippen molar-refractivity contribution in [1.29, 1.82) is 0 Å². The summed E-state index contributed by atoms with van der Waals surface area (Å²) < 4.78 is 0. The summed E-state index contributed by atoms with van der Waals surface area (Å²) in [5, 5.41) is 6.79. The van der Waals surface area contributed by atoms with Crippen molar-refractivity contribution in [1.82, 2.24) is 15.5 Å². The summed E-state index contributed by atoms with van der Waals surface area (Å²) in [7, 11) is 3.49. The molecule has 2 rings (SSSR count). The first-order valence-corrected chi connectivity index (χ1v) is 7.80. The van der Waals surface area contributed by atoms with E-state index in [1.807, 2.05) is 18.2 Å². The number of nitrogens with zero attached hydrogens (tertiary/aromatic N) is 2. The number of nitrogens with one attached hydrogen (secondary N) is 2. The molecule has 1 aromatic rings. The zero-order valence-electron chi connectivity index (χ0n) is 13.8. The second-order valence-corrected chi connectivity index (χ2v) is 6.19. The van der Waals surface area contributed by atoms with Crippen LogP contribution < -0.4 is 10.6 Å². The first-order valence-electron chi connectivity index (χ1n) is 7.80. The standard InChI is InChI=1S/C17H26N4O/c1-12-10-15(12)20-17(18-11-16(22)21(3)4)19-13(2)14-8-6-5-7-9-14/h5-9,12-13,15H,10-11H2,1-4H3,(H2,18,19,20). The molecule has 1 aliphatic rings. The average molecular weight is 302 g/mol. The van der Waals surface area contributed by atoms with Crippen LogP contribution in [0.15, 0.2) is 35.3 Å². The van der Waals surface area contributed by atoms with Crippen molar-refractivity contribution >= 4 is 11.9 Å². The molecular weight excluding hydrogens is 276 g/mol. The van der Waals surface area contributed by atoms with E-state index in [-0.39, 0.29) is 18.5 Å². The molecule has 0 bridgehead atoms. The van der Waals surface area contributed by atoms with Crippen molar-refractivity contribution in [2.45, 2.75) is 32.4 Å². The van der Waals surface area contributed by atoms with E-state index in [0.29, 0.717) is 17.9 Å². The van der Waals surface area contributed by atoms with E-state index in [4.69, 9.17) is 0 Å². The van der Waals surface area contributed by atoms with Gasteiger partial charge in [-0.05, 0) is 24.8 Å². The number of amides is 1. The van der Waals surface area contributed by atoms with Crippen molar-refractivity contribution in [3.05, 3.63) is 35.9 Å². The summed E-state index contributed by atoms with van der Waals surface area (Å²) in [6, 6.07) is 10.8. The number of carbonyl (C=O) groups excluding carboxylic acids is 1. The van der Waals surface area contributed by atoms with Crippen molar-refractivity contribution < 1.29 is 4.79 Å². The minimum Gasteiger partial charge on any atom is -0.353 e. The Morgan fingerprint density at radius 2 is 2.00 bits per heavy atom. The third kappa shape index (κ3) is 4.76. The van der Waals surface area contributed by atoms with Gasteiger partial charge in [-0.3, -0.25) is 4.79 Å². The molecule has 2 N–H and O–H groups in total. The van der Waals surface area contributed by atoms with E-state index in [2.05, 4.69) is 41.6 Å². The van der Waals surface area contributed by atoms with Crippen LogP contribution in [0.25, 0.3) is 0 Å². The van der Waals surface area contributed by atoms with Crippen LogP contribution in [-0.2, 0) is 4.79 Å². The van der Waals surface area contributed by atoms with Crippen LogP contribution in [0.5, 0.6) is 0 Å². The number of hydrogen-bond acceptors (Lipinski definition) is 2. The highest BCUT2D eigenvalue weighted by molar-refractivity contribution is 5.85. The van der Waals surface area contributed by atoms with E-state index in [1.54, 1.807) is 19.0 Å². The smallest absolute Gasteiger partial charge is 0.243 e. The Kier molecular flexibility index (Phi) is 5.41. The predicted molar refractivity (Wildman–Crippen MR) is 89.7 cm³/mol. The average Bonchev–Trinajstić information content (AvgIpc) is 3.20. The minimum absolute atomic E-state index is 0.00249. The first-order chi connectivity index (χ1) is 10.5. The van der Waals surface area contributed by atoms with Gasteiger partial charge in [0.2, 0.25) is 5.91 Å². The maximum atomic E-state index is 11.7. The molecule has 1 fully saturated rings. The highest BCUT2D eigenvalue weighted by Gasteiger charge is 2.33. The van der Waals surface area contributed by atoms with Gasteiger partial charge in [0.25, 0.3) is 0 Å². The van der Waals surface area contributed by atoms with Gasteiger partial charge in [0, 0.05) is 20.1 Å². The van der Waals surface area contributed by atoms with Gasteiger partial charge in [-0.15, -0.1) is 0 Å². The molecule has 0 heterocycles. The van der Waals surface area contributed by atoms with E-state index >= 15 is 0 Å². The third-order valence-corrected chi connectivity index (χ3v) is 3.96. The number of likely N-dealkylation sites (N-methyl/N-ethyl adjacent to an activating group) is 1. The van der Waals surface area contributed by atoms with Gasteiger partial charge in [-0.1, -0.05) is 37.3 Å². The minimum atomic E-state index is -0.00249. The Balaban J connectivity index is 2.00. The summed E-state index contributed by atoms with van der Waals surface area (Å²) >= 11 is 0. The quantitative estimate of drug-likeness (QED) is 0.644. The molecule has 0 saturated heterocycles. The Bertz CT molecular complexity index is 527. The van der Waals surface area contributed by atoms with Gasteiger partial charge in [0.1, 0.15) is 6.54 Å². The van der Waals surface area contributed by atoms with E-state index in [0.717, 1.165) is 6.42 Å². The Morgan fingerprint density at radius 1 is 1.36 bits per heavy atom. The second kappa shape index (κ2) is 7.29. The molecular formula is C17H26N4O. The molecule has 0 aliphatic heterocycles. The number of benzene rings is 1. The fourth-order valence-corrected chi connectivity index (χ4v) is 2.15. The van der Waals surface area contributed by atoms with Crippen LogP contribution in [0.3, 0.4) is 0 Å². The third-order valence-electron chi connectivity index (χ3n) is 3.96. The number of aliphatic imine (C=N–C) groups is 1. The molecule has 120 valence electrons. The van der Waals surface area contributed by atoms with Crippen molar-refractivity contribution in [3.8, 4) is 0 Å². The van der Waals surface area contributed by atoms with Gasteiger partial charge < -0.3 is 15.5 Å². The molecule has 0 radical (unpaired) electrons. The number of rotatable bonds is 5. The van der Waals surface area contributed by atoms with Gasteiger partial charge in [0.15, 0.2) is 5.96 Å². The lowest BCUT2D eigenvalue weighted by molar-refractivity contribution is -0.127. The molecule has 1 aliphatic carbocycles. The number of hydrogen-bond donors (Lipinski definition) is 2. The van der Waals surface area contributed by atoms with Gasteiger partial charge in [-0.2, -0.15) is 0 Å². The molecule has 5 heteroatoms. The molecule has 0 aromatic heterocycles. The molecule has 22 heavy (non-hydrogen) atoms. The summed E-state index contributed by atoms with van der Waals surface area (Å²) in [4.78, 5) is 17.7. The van der Waals surface area contributed by atoms with E-state index in [1.165, 1.54) is 5.56 Å². The number of carbonyl (C=O) groups is 1. The Hall–Kier alpha value is -2.04. The monoisotopic (exact) mass is 302 g/mol. The highest BCUT2D eigenvalue weighted by atomic mass is 16.2. The summed E-state index contributed by atoms with van der Waals surface area (Å²) in [6.07, 6.45) is 1.15. The predicted octanol–water partition coefficient (Wildman–Crippen LogP) is 1.78. The van der Waals surface area contributed by atoms with Crippen LogP contribution in [0.1, 0.15) is 31.9 Å². The van der Waals surface area contributed by atoms with Crippen LogP contribution in [0.2, 0.25) is 0 Å². The second-order valence-electron chi connectivity index (χ2n) is 6.19. The summed E-state index contributed by atoms with van der Waals surface area (Å²) in [5.41, 5.74) is 1.19. The Morgan fingerprint density at radius 3 is 2.55 bits per heavy atom. The van der Waals surface area contributed by atoms with Crippen LogP contribution in [0.4, 0.5) is 0 Å². The highest BCUT2D eigenvalue weighted by Crippen LogP contribution is 2.28. The summed E-state index contributed by atoms with van der Waals surface area (Å²) in [6.45, 7) is 4.46. The van der Waals surface area contributed by atoms with Gasteiger partial charge >= 0.3 is 0 Å². The fourth-order valence-electron chi connectivity index (χ4n) is 2.15. The van der Waals surface area contributed by atoms with E-state index < -0.39 is 0 Å². The van der Waals surface area contributed by atoms with E-state index in [9.17, 15) is 4.79 Å².